The summed E-state index contributed by atoms with van der Waals surface area (Å²) < 4.78 is 0. The van der Waals surface area contributed by atoms with Gasteiger partial charge in [-0.1, -0.05) is 47.5 Å². The summed E-state index contributed by atoms with van der Waals surface area (Å²) >= 11 is 5.96. The zero-order valence-corrected chi connectivity index (χ0v) is 13.1. The van der Waals surface area contributed by atoms with Crippen LogP contribution in [0.5, 0.6) is 0 Å². The summed E-state index contributed by atoms with van der Waals surface area (Å²) in [6.07, 6.45) is 2.22. The quantitative estimate of drug-likeness (QED) is 0.751. The lowest BCUT2D eigenvalue weighted by atomic mass is 10.1. The number of aryl methyl sites for hydroxylation is 1. The summed E-state index contributed by atoms with van der Waals surface area (Å²) in [5.41, 5.74) is 4.24. The topological polar surface area (TPSA) is 44.9 Å². The molecule has 3 aromatic rings. The molecule has 0 saturated carbocycles. The van der Waals surface area contributed by atoms with Gasteiger partial charge in [0.1, 0.15) is 0 Å². The number of hydrogen-bond acceptors (Lipinski definition) is 1. The van der Waals surface area contributed by atoms with Gasteiger partial charge in [-0.05, 0) is 30.2 Å². The molecule has 0 aliphatic rings. The molecule has 0 saturated heterocycles. The Morgan fingerprint density at radius 1 is 1.23 bits per heavy atom. The molecule has 0 radical (unpaired) electrons. The van der Waals surface area contributed by atoms with Crippen LogP contribution in [0, 0.1) is 6.92 Å². The second kappa shape index (κ2) is 6.24. The Kier molecular flexibility index (Phi) is 4.16. The fourth-order valence-electron chi connectivity index (χ4n) is 2.56. The number of hydrogen-bond donors (Lipinski definition) is 2. The standard InChI is InChI=1S/C18H17ClN2O/c1-12-3-2-4-13(7-12)10-21-18(22)8-14-11-20-17-9-15(19)5-6-16(14)17/h2-7,9,11,20H,8,10H2,1H3,(H,21,22). The molecule has 1 amide bonds. The number of aromatic nitrogens is 1. The van der Waals surface area contributed by atoms with E-state index in [0.717, 1.165) is 22.0 Å². The van der Waals surface area contributed by atoms with Crippen molar-refractivity contribution in [3.63, 3.8) is 0 Å². The molecular formula is C18H17ClN2O. The number of H-pyrrole nitrogens is 1. The average Bonchev–Trinajstić information content (AvgIpc) is 2.87. The van der Waals surface area contributed by atoms with Crippen molar-refractivity contribution in [3.05, 3.63) is 70.4 Å². The SMILES string of the molecule is Cc1cccc(CNC(=O)Cc2c[nH]c3cc(Cl)ccc23)c1. The van der Waals surface area contributed by atoms with E-state index in [-0.39, 0.29) is 5.91 Å². The van der Waals surface area contributed by atoms with Gasteiger partial charge in [-0.25, -0.2) is 0 Å². The van der Waals surface area contributed by atoms with E-state index in [0.29, 0.717) is 18.0 Å². The van der Waals surface area contributed by atoms with E-state index in [4.69, 9.17) is 11.6 Å². The summed E-state index contributed by atoms with van der Waals surface area (Å²) in [6, 6.07) is 13.8. The molecule has 1 aromatic heterocycles. The van der Waals surface area contributed by atoms with E-state index in [1.165, 1.54) is 5.56 Å². The highest BCUT2D eigenvalue weighted by Crippen LogP contribution is 2.22. The van der Waals surface area contributed by atoms with E-state index >= 15 is 0 Å². The molecule has 0 bridgehead atoms. The van der Waals surface area contributed by atoms with Crippen LogP contribution in [0.4, 0.5) is 0 Å². The fourth-order valence-corrected chi connectivity index (χ4v) is 2.74. The molecule has 4 heteroatoms. The Hall–Kier alpha value is -2.26. The summed E-state index contributed by atoms with van der Waals surface area (Å²) in [4.78, 5) is 15.3. The van der Waals surface area contributed by atoms with Crippen LogP contribution in [0.15, 0.2) is 48.7 Å². The first-order valence-electron chi connectivity index (χ1n) is 7.19. The van der Waals surface area contributed by atoms with Gasteiger partial charge in [0.05, 0.1) is 6.42 Å². The van der Waals surface area contributed by atoms with Crippen LogP contribution < -0.4 is 5.32 Å². The number of amides is 1. The van der Waals surface area contributed by atoms with Crippen LogP contribution in [-0.4, -0.2) is 10.9 Å². The van der Waals surface area contributed by atoms with E-state index in [9.17, 15) is 4.79 Å². The van der Waals surface area contributed by atoms with Crippen molar-refractivity contribution in [1.29, 1.82) is 0 Å². The van der Waals surface area contributed by atoms with Gasteiger partial charge in [0.15, 0.2) is 0 Å². The summed E-state index contributed by atoms with van der Waals surface area (Å²) in [5, 5.41) is 4.68. The first-order valence-corrected chi connectivity index (χ1v) is 7.57. The summed E-state index contributed by atoms with van der Waals surface area (Å²) in [7, 11) is 0. The third-order valence-electron chi connectivity index (χ3n) is 3.65. The molecule has 0 aliphatic heterocycles. The zero-order chi connectivity index (χ0) is 15.5. The fraction of sp³-hybridized carbons (Fsp3) is 0.167. The van der Waals surface area contributed by atoms with Gasteiger partial charge in [0, 0.05) is 28.7 Å². The minimum Gasteiger partial charge on any atom is -0.361 e. The minimum absolute atomic E-state index is 0.0114. The number of halogens is 1. The van der Waals surface area contributed by atoms with Crippen LogP contribution in [-0.2, 0) is 17.8 Å². The van der Waals surface area contributed by atoms with Crippen molar-refractivity contribution in [2.75, 3.05) is 0 Å². The molecule has 2 aromatic carbocycles. The van der Waals surface area contributed by atoms with Crippen molar-refractivity contribution in [2.45, 2.75) is 19.9 Å². The molecule has 112 valence electrons. The van der Waals surface area contributed by atoms with Crippen LogP contribution in [0.3, 0.4) is 0 Å². The van der Waals surface area contributed by atoms with Crippen LogP contribution in [0.25, 0.3) is 10.9 Å². The lowest BCUT2D eigenvalue weighted by molar-refractivity contribution is -0.120. The highest BCUT2D eigenvalue weighted by Gasteiger charge is 2.09. The van der Waals surface area contributed by atoms with Gasteiger partial charge in [-0.15, -0.1) is 0 Å². The van der Waals surface area contributed by atoms with Crippen molar-refractivity contribution in [1.82, 2.24) is 10.3 Å². The Labute approximate surface area is 134 Å². The molecule has 0 fully saturated rings. The van der Waals surface area contributed by atoms with Crippen molar-refractivity contribution >= 4 is 28.4 Å². The van der Waals surface area contributed by atoms with Crippen molar-refractivity contribution < 1.29 is 4.79 Å². The number of rotatable bonds is 4. The number of carbonyl (C=O) groups excluding carboxylic acids is 1. The normalized spacial score (nSPS) is 10.8. The third kappa shape index (κ3) is 3.31. The van der Waals surface area contributed by atoms with Gasteiger partial charge in [0.2, 0.25) is 5.91 Å². The number of carbonyl (C=O) groups is 1. The number of fused-ring (bicyclic) bond motifs is 1. The van der Waals surface area contributed by atoms with Crippen LogP contribution in [0.1, 0.15) is 16.7 Å². The van der Waals surface area contributed by atoms with Crippen molar-refractivity contribution in [2.24, 2.45) is 0 Å². The predicted molar refractivity (Wildman–Crippen MR) is 90.0 cm³/mol. The van der Waals surface area contributed by atoms with Crippen LogP contribution >= 0.6 is 11.6 Å². The first-order chi connectivity index (χ1) is 10.6. The smallest absolute Gasteiger partial charge is 0.224 e. The Morgan fingerprint density at radius 3 is 2.91 bits per heavy atom. The summed E-state index contributed by atoms with van der Waals surface area (Å²) in [5.74, 6) is 0.0114. The highest BCUT2D eigenvalue weighted by molar-refractivity contribution is 6.31. The molecule has 0 unspecified atom stereocenters. The second-order valence-corrected chi connectivity index (χ2v) is 5.88. The Bertz CT molecular complexity index is 823. The van der Waals surface area contributed by atoms with Gasteiger partial charge < -0.3 is 10.3 Å². The number of aromatic amines is 1. The Morgan fingerprint density at radius 2 is 2.09 bits per heavy atom. The second-order valence-electron chi connectivity index (χ2n) is 5.45. The van der Waals surface area contributed by atoms with Crippen LogP contribution in [0.2, 0.25) is 5.02 Å². The van der Waals surface area contributed by atoms with Gasteiger partial charge in [0.25, 0.3) is 0 Å². The summed E-state index contributed by atoms with van der Waals surface area (Å²) in [6.45, 7) is 2.59. The molecule has 3 rings (SSSR count). The molecular weight excluding hydrogens is 296 g/mol. The maximum atomic E-state index is 12.1. The lowest BCUT2D eigenvalue weighted by Gasteiger charge is -2.06. The number of nitrogens with one attached hydrogen (secondary N) is 2. The van der Waals surface area contributed by atoms with Gasteiger partial charge in [-0.3, -0.25) is 4.79 Å². The largest absolute Gasteiger partial charge is 0.361 e. The molecule has 22 heavy (non-hydrogen) atoms. The Balaban J connectivity index is 1.66. The lowest BCUT2D eigenvalue weighted by Crippen LogP contribution is -2.24. The van der Waals surface area contributed by atoms with Gasteiger partial charge >= 0.3 is 0 Å². The third-order valence-corrected chi connectivity index (χ3v) is 3.89. The number of benzene rings is 2. The van der Waals surface area contributed by atoms with Gasteiger partial charge in [-0.2, -0.15) is 0 Å². The van der Waals surface area contributed by atoms with E-state index in [1.54, 1.807) is 0 Å². The van der Waals surface area contributed by atoms with E-state index < -0.39 is 0 Å². The van der Waals surface area contributed by atoms with E-state index in [1.807, 2.05) is 49.5 Å². The molecule has 2 N–H and O–H groups in total. The molecule has 0 aliphatic carbocycles. The molecule has 0 spiro atoms. The first kappa shape index (κ1) is 14.7. The molecule has 0 atom stereocenters. The monoisotopic (exact) mass is 312 g/mol. The maximum Gasteiger partial charge on any atom is 0.224 e. The van der Waals surface area contributed by atoms with Crippen molar-refractivity contribution in [3.8, 4) is 0 Å². The molecule has 3 nitrogen and oxygen atoms in total. The minimum atomic E-state index is 0.0114. The predicted octanol–water partition coefficient (Wildman–Crippen LogP) is 3.99. The maximum absolute atomic E-state index is 12.1. The molecule has 1 heterocycles. The average molecular weight is 313 g/mol. The van der Waals surface area contributed by atoms with E-state index in [2.05, 4.69) is 16.4 Å². The highest BCUT2D eigenvalue weighted by atomic mass is 35.5. The zero-order valence-electron chi connectivity index (χ0n) is 12.3.